The van der Waals surface area contributed by atoms with Crippen molar-refractivity contribution in [2.75, 3.05) is 20.6 Å². The molecule has 0 unspecified atom stereocenters. The summed E-state index contributed by atoms with van der Waals surface area (Å²) in [4.78, 5) is 2.91. The van der Waals surface area contributed by atoms with E-state index in [1.54, 1.807) is 0 Å². The maximum atomic E-state index is 14.2. The van der Waals surface area contributed by atoms with Crippen LogP contribution in [0.1, 0.15) is 5.56 Å². The largest absolute Gasteiger partial charge is 0.352 e. The van der Waals surface area contributed by atoms with Gasteiger partial charge in [-0.25, -0.2) is 17.9 Å². The van der Waals surface area contributed by atoms with Crippen molar-refractivity contribution in [2.24, 2.45) is 0 Å². The molecule has 2 aromatic carbocycles. The van der Waals surface area contributed by atoms with E-state index in [0.717, 1.165) is 10.4 Å². The summed E-state index contributed by atoms with van der Waals surface area (Å²) in [5.74, 6) is -1.92. The quantitative estimate of drug-likeness (QED) is 0.671. The van der Waals surface area contributed by atoms with Crippen LogP contribution in [0.25, 0.3) is 22.2 Å². The lowest BCUT2D eigenvalue weighted by Gasteiger charge is -2.12. The molecule has 9 heteroatoms. The molecule has 0 atom stereocenters. The van der Waals surface area contributed by atoms with Crippen LogP contribution in [0.3, 0.4) is 0 Å². The Bertz CT molecular complexity index is 1080. The van der Waals surface area contributed by atoms with Crippen molar-refractivity contribution in [3.05, 3.63) is 59.4 Å². The molecule has 5 nitrogen and oxygen atoms in total. The van der Waals surface area contributed by atoms with Gasteiger partial charge in [-0.1, -0.05) is 0 Å². The molecule has 144 valence electrons. The minimum Gasteiger partial charge on any atom is -0.352 e. The Morgan fingerprint density at radius 1 is 1.04 bits per heavy atom. The third-order valence-corrected chi connectivity index (χ3v) is 5.74. The minimum absolute atomic E-state index is 0.0276. The van der Waals surface area contributed by atoms with Gasteiger partial charge in [-0.15, -0.1) is 0 Å². The average Bonchev–Trinajstić information content (AvgIpc) is 2.94. The number of hydrogen-bond acceptors (Lipinski definition) is 2. The van der Waals surface area contributed by atoms with E-state index < -0.39 is 27.7 Å². The van der Waals surface area contributed by atoms with Gasteiger partial charge >= 0.3 is 0 Å². The number of halogens is 3. The van der Waals surface area contributed by atoms with Gasteiger partial charge in [-0.3, -0.25) is 0 Å². The fraction of sp³-hybridized carbons (Fsp3) is 0.222. The molecule has 0 aliphatic carbocycles. The molecule has 1 heterocycles. The summed E-state index contributed by atoms with van der Waals surface area (Å²) in [7, 11) is -0.846. The molecule has 0 aliphatic rings. The van der Waals surface area contributed by atoms with E-state index >= 15 is 0 Å². The topological polar surface area (TPSA) is 65.2 Å². The van der Waals surface area contributed by atoms with Gasteiger partial charge in [0.15, 0.2) is 0 Å². The number of fused-ring (bicyclic) bond motifs is 1. The van der Waals surface area contributed by atoms with E-state index in [9.17, 15) is 21.6 Å². The van der Waals surface area contributed by atoms with Crippen LogP contribution in [0, 0.1) is 17.5 Å². The molecule has 1 aromatic heterocycles. The second-order valence-electron chi connectivity index (χ2n) is 6.23. The van der Waals surface area contributed by atoms with Crippen molar-refractivity contribution in [1.29, 1.82) is 0 Å². The van der Waals surface area contributed by atoms with Crippen molar-refractivity contribution in [3.8, 4) is 11.3 Å². The lowest BCUT2D eigenvalue weighted by Crippen LogP contribution is -2.36. The highest BCUT2D eigenvalue weighted by Gasteiger charge is 2.18. The Hall–Kier alpha value is -2.36. The number of aromatic nitrogens is 1. The monoisotopic (exact) mass is 397 g/mol. The van der Waals surface area contributed by atoms with Gasteiger partial charge in [-0.05, 0) is 47.9 Å². The first-order chi connectivity index (χ1) is 12.7. The molecule has 0 saturated heterocycles. The molecule has 2 N–H and O–H groups in total. The molecule has 0 spiro atoms. The van der Waals surface area contributed by atoms with Gasteiger partial charge in [0.25, 0.3) is 10.2 Å². The summed E-state index contributed by atoms with van der Waals surface area (Å²) >= 11 is 0. The van der Waals surface area contributed by atoms with E-state index in [0.29, 0.717) is 22.2 Å². The predicted molar refractivity (Wildman–Crippen MR) is 97.9 cm³/mol. The second-order valence-corrected chi connectivity index (χ2v) is 8.20. The molecule has 0 fully saturated rings. The van der Waals surface area contributed by atoms with Crippen molar-refractivity contribution in [1.82, 2.24) is 14.0 Å². The van der Waals surface area contributed by atoms with Crippen LogP contribution in [0.4, 0.5) is 13.2 Å². The van der Waals surface area contributed by atoms with Crippen molar-refractivity contribution >= 4 is 21.1 Å². The second kappa shape index (κ2) is 7.34. The first-order valence-electron chi connectivity index (χ1n) is 8.11. The average molecular weight is 397 g/mol. The number of nitrogens with zero attached hydrogens (tertiary/aromatic N) is 1. The lowest BCUT2D eigenvalue weighted by molar-refractivity contribution is 0.506. The number of nitrogens with one attached hydrogen (secondary N) is 2. The zero-order chi connectivity index (χ0) is 19.8. The predicted octanol–water partition coefficient (Wildman–Crippen LogP) is 3.19. The molecule has 0 aliphatic heterocycles. The lowest BCUT2D eigenvalue weighted by atomic mass is 10.0. The molecule has 0 radical (unpaired) electrons. The van der Waals surface area contributed by atoms with Crippen LogP contribution in [0.15, 0.2) is 36.4 Å². The first-order valence-corrected chi connectivity index (χ1v) is 9.55. The van der Waals surface area contributed by atoms with E-state index in [1.807, 2.05) is 0 Å². The highest BCUT2D eigenvalue weighted by molar-refractivity contribution is 7.87. The van der Waals surface area contributed by atoms with Crippen LogP contribution in [0.2, 0.25) is 0 Å². The molecule has 3 rings (SSSR count). The fourth-order valence-corrected chi connectivity index (χ4v) is 3.45. The fourth-order valence-electron chi connectivity index (χ4n) is 2.83. The zero-order valence-corrected chi connectivity index (χ0v) is 15.5. The van der Waals surface area contributed by atoms with E-state index in [4.69, 9.17) is 0 Å². The smallest absolute Gasteiger partial charge is 0.278 e. The maximum absolute atomic E-state index is 14.2. The summed E-state index contributed by atoms with van der Waals surface area (Å²) in [6.07, 6.45) is 0.183. The minimum atomic E-state index is -3.63. The van der Waals surface area contributed by atoms with Crippen LogP contribution in [-0.2, 0) is 16.6 Å². The maximum Gasteiger partial charge on any atom is 0.278 e. The summed E-state index contributed by atoms with van der Waals surface area (Å²) in [5.41, 5.74) is 1.72. The van der Waals surface area contributed by atoms with Gasteiger partial charge in [-0.2, -0.15) is 12.7 Å². The molecule has 0 amide bonds. The zero-order valence-electron chi connectivity index (χ0n) is 14.7. The highest BCUT2D eigenvalue weighted by atomic mass is 32.2. The van der Waals surface area contributed by atoms with E-state index in [2.05, 4.69) is 9.71 Å². The Kier molecular flexibility index (Phi) is 5.27. The standard InChI is InChI=1S/C18H18F3N3O2S/c1-24(2)27(25,26)22-8-7-14-15-9-13(20)10-16(21)18(15)23-17(14)11-3-5-12(19)6-4-11/h3-6,9-10,22-23H,7-8H2,1-2H3. The number of hydrogen-bond donors (Lipinski definition) is 2. The third kappa shape index (κ3) is 4.00. The van der Waals surface area contributed by atoms with Gasteiger partial charge in [0.2, 0.25) is 0 Å². The van der Waals surface area contributed by atoms with Crippen molar-refractivity contribution < 1.29 is 21.6 Å². The van der Waals surface area contributed by atoms with Gasteiger partial charge < -0.3 is 4.98 Å². The van der Waals surface area contributed by atoms with Crippen LogP contribution >= 0.6 is 0 Å². The highest BCUT2D eigenvalue weighted by Crippen LogP contribution is 2.32. The summed E-state index contributed by atoms with van der Waals surface area (Å²) in [6, 6.07) is 7.51. The Morgan fingerprint density at radius 2 is 1.70 bits per heavy atom. The molecule has 0 bridgehead atoms. The van der Waals surface area contributed by atoms with Gasteiger partial charge in [0.1, 0.15) is 17.5 Å². The van der Waals surface area contributed by atoms with Crippen LogP contribution in [0.5, 0.6) is 0 Å². The Labute approximate surface area is 155 Å². The number of benzene rings is 2. The normalized spacial score (nSPS) is 12.2. The van der Waals surface area contributed by atoms with Gasteiger partial charge in [0.05, 0.1) is 5.52 Å². The number of aromatic amines is 1. The van der Waals surface area contributed by atoms with Crippen molar-refractivity contribution in [3.63, 3.8) is 0 Å². The molecular weight excluding hydrogens is 379 g/mol. The van der Waals surface area contributed by atoms with Crippen molar-refractivity contribution in [2.45, 2.75) is 6.42 Å². The third-order valence-electron chi connectivity index (χ3n) is 4.20. The summed E-state index contributed by atoms with van der Waals surface area (Å²) < 4.78 is 68.3. The van der Waals surface area contributed by atoms with E-state index in [1.165, 1.54) is 44.4 Å². The van der Waals surface area contributed by atoms with Gasteiger partial charge in [0, 0.05) is 37.8 Å². The summed E-state index contributed by atoms with van der Waals surface area (Å²) in [5, 5.41) is 0.316. The molecule has 0 saturated carbocycles. The van der Waals surface area contributed by atoms with Crippen LogP contribution < -0.4 is 4.72 Å². The van der Waals surface area contributed by atoms with E-state index in [-0.39, 0.29) is 18.5 Å². The molecule has 3 aromatic rings. The molecular formula is C18H18F3N3O2S. The Balaban J connectivity index is 2.05. The van der Waals surface area contributed by atoms with Crippen LogP contribution in [-0.4, -0.2) is 38.3 Å². The summed E-state index contributed by atoms with van der Waals surface area (Å²) in [6.45, 7) is 0.0276. The number of rotatable bonds is 6. The number of H-pyrrole nitrogens is 1. The molecule has 27 heavy (non-hydrogen) atoms. The SMILES string of the molecule is CN(C)S(=O)(=O)NCCc1c(-c2ccc(F)cc2)[nH]c2c(F)cc(F)cc12. The first kappa shape index (κ1) is 19.4. The Morgan fingerprint density at radius 3 is 2.33 bits per heavy atom.